The minimum Gasteiger partial charge on any atom is -0.342 e. The monoisotopic (exact) mass is 318 g/mol. The molecule has 2 fully saturated rings. The molecule has 1 aromatic rings. The molecule has 0 spiro atoms. The maximum absolute atomic E-state index is 12.9. The zero-order valence-electron chi connectivity index (χ0n) is 14.2. The van der Waals surface area contributed by atoms with Gasteiger partial charge >= 0.3 is 0 Å². The molecule has 6 heteroatoms. The number of carbonyl (C=O) groups is 2. The minimum absolute atomic E-state index is 0.0628. The number of nitrogens with zero attached hydrogens (tertiary/aromatic N) is 4. The standard InChI is InChI=1S/C17H26N4O2/c1-12(2)21-15(7-9-18-21)17(23)20-10-8-14-13(11-20)5-4-6-16(22)19(14)3/h7,9,12-14H,4-6,8,10-11H2,1-3H3/t13-,14+/m0/s1. The van der Waals surface area contributed by atoms with E-state index in [1.165, 1.54) is 0 Å². The summed E-state index contributed by atoms with van der Waals surface area (Å²) in [5, 5.41) is 4.27. The van der Waals surface area contributed by atoms with E-state index in [0.29, 0.717) is 24.6 Å². The fourth-order valence-corrected chi connectivity index (χ4v) is 3.93. The van der Waals surface area contributed by atoms with Crippen molar-refractivity contribution in [1.82, 2.24) is 19.6 Å². The molecule has 2 saturated heterocycles. The lowest BCUT2D eigenvalue weighted by Gasteiger charge is -2.41. The molecule has 3 heterocycles. The lowest BCUT2D eigenvalue weighted by Crippen LogP contribution is -2.52. The molecule has 0 radical (unpaired) electrons. The number of rotatable bonds is 2. The van der Waals surface area contributed by atoms with Gasteiger partial charge < -0.3 is 9.80 Å². The first-order valence-corrected chi connectivity index (χ1v) is 8.57. The Kier molecular flexibility index (Phi) is 4.41. The van der Waals surface area contributed by atoms with Crippen molar-refractivity contribution in [3.63, 3.8) is 0 Å². The Balaban J connectivity index is 1.75. The molecule has 6 nitrogen and oxygen atoms in total. The van der Waals surface area contributed by atoms with Crippen LogP contribution in [0.2, 0.25) is 0 Å². The molecular weight excluding hydrogens is 292 g/mol. The van der Waals surface area contributed by atoms with E-state index in [2.05, 4.69) is 5.10 Å². The van der Waals surface area contributed by atoms with Crippen LogP contribution in [0, 0.1) is 5.92 Å². The molecule has 0 aliphatic carbocycles. The minimum atomic E-state index is 0.0628. The number of likely N-dealkylation sites (tertiary alicyclic amines) is 2. The van der Waals surface area contributed by atoms with E-state index in [0.717, 1.165) is 25.8 Å². The van der Waals surface area contributed by atoms with Crippen LogP contribution in [0.15, 0.2) is 12.3 Å². The zero-order valence-corrected chi connectivity index (χ0v) is 14.2. The van der Waals surface area contributed by atoms with Crippen molar-refractivity contribution in [2.24, 2.45) is 5.92 Å². The average molecular weight is 318 g/mol. The Hall–Kier alpha value is -1.85. The van der Waals surface area contributed by atoms with E-state index in [4.69, 9.17) is 0 Å². The average Bonchev–Trinajstić information content (AvgIpc) is 2.98. The lowest BCUT2D eigenvalue weighted by molar-refractivity contribution is -0.132. The van der Waals surface area contributed by atoms with Crippen molar-refractivity contribution in [2.45, 2.75) is 51.6 Å². The second-order valence-corrected chi connectivity index (χ2v) is 7.02. The highest BCUT2D eigenvalue weighted by atomic mass is 16.2. The highest BCUT2D eigenvalue weighted by Crippen LogP contribution is 2.30. The van der Waals surface area contributed by atoms with Crippen LogP contribution in [-0.2, 0) is 4.79 Å². The molecular formula is C17H26N4O2. The molecule has 0 N–H and O–H groups in total. The molecule has 1 aromatic heterocycles. The van der Waals surface area contributed by atoms with Crippen molar-refractivity contribution in [3.8, 4) is 0 Å². The van der Waals surface area contributed by atoms with Gasteiger partial charge in [0.2, 0.25) is 5.91 Å². The van der Waals surface area contributed by atoms with Gasteiger partial charge in [0.1, 0.15) is 5.69 Å². The molecule has 2 amide bonds. The Morgan fingerprint density at radius 1 is 1.35 bits per heavy atom. The van der Waals surface area contributed by atoms with E-state index >= 15 is 0 Å². The van der Waals surface area contributed by atoms with Crippen molar-refractivity contribution in [2.75, 3.05) is 20.1 Å². The van der Waals surface area contributed by atoms with E-state index in [1.807, 2.05) is 30.7 Å². The van der Waals surface area contributed by atoms with Gasteiger partial charge in [-0.1, -0.05) is 0 Å². The highest BCUT2D eigenvalue weighted by molar-refractivity contribution is 5.92. The largest absolute Gasteiger partial charge is 0.342 e. The quantitative estimate of drug-likeness (QED) is 0.837. The van der Waals surface area contributed by atoms with Crippen LogP contribution >= 0.6 is 0 Å². The third-order valence-electron chi connectivity index (χ3n) is 5.22. The van der Waals surface area contributed by atoms with Crippen LogP contribution in [0.5, 0.6) is 0 Å². The van der Waals surface area contributed by atoms with Crippen LogP contribution in [-0.4, -0.2) is 57.6 Å². The summed E-state index contributed by atoms with van der Waals surface area (Å²) in [6.45, 7) is 5.51. The van der Waals surface area contributed by atoms with Crippen LogP contribution < -0.4 is 0 Å². The van der Waals surface area contributed by atoms with Crippen molar-refractivity contribution in [1.29, 1.82) is 0 Å². The number of carbonyl (C=O) groups excluding carboxylic acids is 2. The molecule has 3 rings (SSSR count). The Labute approximate surface area is 137 Å². The van der Waals surface area contributed by atoms with Gasteiger partial charge in [-0.05, 0) is 45.1 Å². The van der Waals surface area contributed by atoms with Gasteiger partial charge in [0.15, 0.2) is 0 Å². The predicted molar refractivity (Wildman–Crippen MR) is 87.0 cm³/mol. The van der Waals surface area contributed by atoms with Gasteiger partial charge in [0.25, 0.3) is 5.91 Å². The van der Waals surface area contributed by atoms with Crippen molar-refractivity contribution < 1.29 is 9.59 Å². The number of piperidine rings is 1. The molecule has 23 heavy (non-hydrogen) atoms. The van der Waals surface area contributed by atoms with Gasteiger partial charge in [0.05, 0.1) is 0 Å². The van der Waals surface area contributed by atoms with Crippen LogP contribution in [0.4, 0.5) is 0 Å². The highest BCUT2D eigenvalue weighted by Gasteiger charge is 2.37. The maximum Gasteiger partial charge on any atom is 0.272 e. The fraction of sp³-hybridized carbons (Fsp3) is 0.706. The first-order chi connectivity index (χ1) is 11.0. The van der Waals surface area contributed by atoms with Crippen molar-refractivity contribution in [3.05, 3.63) is 18.0 Å². The summed E-state index contributed by atoms with van der Waals surface area (Å²) in [5.74, 6) is 0.697. The third kappa shape index (κ3) is 2.99. The maximum atomic E-state index is 12.9. The molecule has 0 unspecified atom stereocenters. The smallest absolute Gasteiger partial charge is 0.272 e. The third-order valence-corrected chi connectivity index (χ3v) is 5.22. The van der Waals surface area contributed by atoms with Gasteiger partial charge in [-0.15, -0.1) is 0 Å². The van der Waals surface area contributed by atoms with Crippen LogP contribution in [0.25, 0.3) is 0 Å². The molecule has 2 atom stereocenters. The summed E-state index contributed by atoms with van der Waals surface area (Å²) in [5.41, 5.74) is 0.663. The van der Waals surface area contributed by atoms with Gasteiger partial charge in [-0.3, -0.25) is 14.3 Å². The summed E-state index contributed by atoms with van der Waals surface area (Å²) in [6, 6.07) is 2.25. The summed E-state index contributed by atoms with van der Waals surface area (Å²) in [4.78, 5) is 28.8. The summed E-state index contributed by atoms with van der Waals surface area (Å²) in [6.07, 6.45) is 5.15. The SMILES string of the molecule is CC(C)n1nccc1C(=O)N1CC[C@@H]2[C@@H](CCCC(=O)N2C)C1. The van der Waals surface area contributed by atoms with Crippen LogP contribution in [0.3, 0.4) is 0 Å². The van der Waals surface area contributed by atoms with E-state index in [1.54, 1.807) is 16.9 Å². The van der Waals surface area contributed by atoms with Gasteiger partial charge in [-0.2, -0.15) is 5.10 Å². The Morgan fingerprint density at radius 2 is 2.13 bits per heavy atom. The van der Waals surface area contributed by atoms with Crippen LogP contribution in [0.1, 0.15) is 56.1 Å². The van der Waals surface area contributed by atoms with Gasteiger partial charge in [-0.25, -0.2) is 0 Å². The normalized spacial score (nSPS) is 25.5. The number of hydrogen-bond donors (Lipinski definition) is 0. The number of fused-ring (bicyclic) bond motifs is 1. The molecule has 2 aliphatic heterocycles. The molecule has 0 saturated carbocycles. The molecule has 2 aliphatic rings. The second-order valence-electron chi connectivity index (χ2n) is 7.02. The van der Waals surface area contributed by atoms with E-state index in [9.17, 15) is 9.59 Å². The molecule has 0 bridgehead atoms. The molecule has 0 aromatic carbocycles. The first-order valence-electron chi connectivity index (χ1n) is 8.57. The van der Waals surface area contributed by atoms with E-state index < -0.39 is 0 Å². The number of aromatic nitrogens is 2. The number of hydrogen-bond acceptors (Lipinski definition) is 3. The topological polar surface area (TPSA) is 58.4 Å². The second kappa shape index (κ2) is 6.34. The fourth-order valence-electron chi connectivity index (χ4n) is 3.93. The summed E-state index contributed by atoms with van der Waals surface area (Å²) < 4.78 is 1.79. The predicted octanol–water partition coefficient (Wildman–Crippen LogP) is 1.94. The summed E-state index contributed by atoms with van der Waals surface area (Å²) in [7, 11) is 1.91. The molecule has 126 valence electrons. The number of amides is 2. The first kappa shape index (κ1) is 16.0. The van der Waals surface area contributed by atoms with E-state index in [-0.39, 0.29) is 23.9 Å². The Morgan fingerprint density at radius 3 is 2.87 bits per heavy atom. The summed E-state index contributed by atoms with van der Waals surface area (Å²) >= 11 is 0. The van der Waals surface area contributed by atoms with Crippen molar-refractivity contribution >= 4 is 11.8 Å². The zero-order chi connectivity index (χ0) is 16.6. The Bertz CT molecular complexity index is 595. The van der Waals surface area contributed by atoms with Gasteiger partial charge in [0, 0.05) is 44.8 Å². The lowest BCUT2D eigenvalue weighted by atomic mass is 9.88.